The van der Waals surface area contributed by atoms with Crippen molar-refractivity contribution in [1.29, 1.82) is 0 Å². The number of halogens is 2. The minimum atomic E-state index is 0.464. The Morgan fingerprint density at radius 2 is 2.27 bits per heavy atom. The van der Waals surface area contributed by atoms with Gasteiger partial charge in [0.25, 0.3) is 0 Å². The highest BCUT2D eigenvalue weighted by atomic mass is 35.5. The van der Waals surface area contributed by atoms with E-state index >= 15 is 0 Å². The van der Waals surface area contributed by atoms with Crippen molar-refractivity contribution < 1.29 is 0 Å². The topological polar surface area (TPSA) is 17.8 Å². The van der Waals surface area contributed by atoms with Crippen LogP contribution in [0.2, 0.25) is 5.02 Å². The molecule has 0 unspecified atom stereocenters. The fourth-order valence-corrected chi connectivity index (χ4v) is 2.76. The Labute approximate surface area is 97.8 Å². The molecule has 15 heavy (non-hydrogen) atoms. The maximum Gasteiger partial charge on any atom is 0.124 e. The standard InChI is InChI=1S/C11H10Cl2N2/c12-6-10-14-9-4-3-8(13)7-2-1-5-15(10)11(7)9/h3-4H,1-2,5-6H2. The molecule has 1 aromatic heterocycles. The van der Waals surface area contributed by atoms with Crippen LogP contribution in [0.25, 0.3) is 11.0 Å². The first-order valence-electron chi connectivity index (χ1n) is 5.03. The van der Waals surface area contributed by atoms with Gasteiger partial charge in [0.2, 0.25) is 0 Å². The molecule has 3 rings (SSSR count). The smallest absolute Gasteiger partial charge is 0.124 e. The van der Waals surface area contributed by atoms with Gasteiger partial charge in [-0.25, -0.2) is 4.98 Å². The third kappa shape index (κ3) is 1.28. The van der Waals surface area contributed by atoms with E-state index < -0.39 is 0 Å². The van der Waals surface area contributed by atoms with Crippen LogP contribution in [0.5, 0.6) is 0 Å². The Bertz CT molecular complexity index is 531. The molecule has 1 aromatic carbocycles. The third-order valence-electron chi connectivity index (χ3n) is 2.96. The van der Waals surface area contributed by atoms with Crippen molar-refractivity contribution in [3.8, 4) is 0 Å². The molecule has 0 radical (unpaired) electrons. The van der Waals surface area contributed by atoms with Crippen molar-refractivity contribution in [3.63, 3.8) is 0 Å². The van der Waals surface area contributed by atoms with E-state index in [2.05, 4.69) is 9.55 Å². The number of benzene rings is 1. The molecule has 2 heterocycles. The van der Waals surface area contributed by atoms with E-state index in [0.29, 0.717) is 5.88 Å². The fourth-order valence-electron chi connectivity index (χ4n) is 2.31. The van der Waals surface area contributed by atoms with E-state index in [4.69, 9.17) is 23.2 Å². The molecule has 0 amide bonds. The van der Waals surface area contributed by atoms with Crippen LogP contribution in [-0.2, 0) is 18.8 Å². The summed E-state index contributed by atoms with van der Waals surface area (Å²) in [5.41, 5.74) is 3.43. The van der Waals surface area contributed by atoms with Gasteiger partial charge in [-0.2, -0.15) is 0 Å². The second kappa shape index (κ2) is 3.39. The number of aromatic nitrogens is 2. The van der Waals surface area contributed by atoms with Gasteiger partial charge in [0.15, 0.2) is 0 Å². The summed E-state index contributed by atoms with van der Waals surface area (Å²) in [6, 6.07) is 3.90. The van der Waals surface area contributed by atoms with Gasteiger partial charge >= 0.3 is 0 Å². The number of rotatable bonds is 1. The molecule has 1 aliphatic heterocycles. The van der Waals surface area contributed by atoms with Crippen molar-refractivity contribution in [2.24, 2.45) is 0 Å². The molecular weight excluding hydrogens is 231 g/mol. The molecule has 1 aliphatic rings. The lowest BCUT2D eigenvalue weighted by Gasteiger charge is -2.16. The normalized spacial score (nSPS) is 14.8. The summed E-state index contributed by atoms with van der Waals surface area (Å²) in [5, 5.41) is 0.851. The van der Waals surface area contributed by atoms with Crippen LogP contribution in [0.1, 0.15) is 17.8 Å². The quantitative estimate of drug-likeness (QED) is 0.700. The molecule has 0 atom stereocenters. The van der Waals surface area contributed by atoms with Crippen molar-refractivity contribution in [1.82, 2.24) is 9.55 Å². The molecule has 0 spiro atoms. The number of alkyl halides is 1. The lowest BCUT2D eigenvalue weighted by atomic mass is 10.0. The van der Waals surface area contributed by atoms with Crippen molar-refractivity contribution >= 4 is 34.2 Å². The number of nitrogens with zero attached hydrogens (tertiary/aromatic N) is 2. The van der Waals surface area contributed by atoms with E-state index in [-0.39, 0.29) is 0 Å². The van der Waals surface area contributed by atoms with Gasteiger partial charge in [-0.3, -0.25) is 0 Å². The first-order chi connectivity index (χ1) is 7.31. The van der Waals surface area contributed by atoms with Crippen molar-refractivity contribution in [2.45, 2.75) is 25.3 Å². The zero-order valence-electron chi connectivity index (χ0n) is 8.13. The van der Waals surface area contributed by atoms with Crippen LogP contribution < -0.4 is 0 Å². The molecule has 0 saturated carbocycles. The first-order valence-corrected chi connectivity index (χ1v) is 5.95. The Balaban J connectivity index is 2.43. The largest absolute Gasteiger partial charge is 0.327 e. The summed E-state index contributed by atoms with van der Waals surface area (Å²) in [6.07, 6.45) is 2.16. The minimum absolute atomic E-state index is 0.464. The van der Waals surface area contributed by atoms with Crippen LogP contribution in [0.3, 0.4) is 0 Å². The van der Waals surface area contributed by atoms with Crippen LogP contribution in [-0.4, -0.2) is 9.55 Å². The lowest BCUT2D eigenvalue weighted by Crippen LogP contribution is -2.10. The Hall–Kier alpha value is -0.730. The molecule has 2 nitrogen and oxygen atoms in total. The summed E-state index contributed by atoms with van der Waals surface area (Å²) in [7, 11) is 0. The average molecular weight is 241 g/mol. The molecular formula is C11H10Cl2N2. The predicted octanol–water partition coefficient (Wildman–Crippen LogP) is 3.37. The summed E-state index contributed by atoms with van der Waals surface area (Å²) < 4.78 is 2.20. The van der Waals surface area contributed by atoms with Crippen LogP contribution in [0, 0.1) is 0 Å². The molecule has 0 bridgehead atoms. The summed E-state index contributed by atoms with van der Waals surface area (Å²) >= 11 is 12.1. The highest BCUT2D eigenvalue weighted by molar-refractivity contribution is 6.32. The van der Waals surface area contributed by atoms with E-state index in [0.717, 1.165) is 35.8 Å². The van der Waals surface area contributed by atoms with Gasteiger partial charge in [0.05, 0.1) is 16.9 Å². The second-order valence-electron chi connectivity index (χ2n) is 3.81. The van der Waals surface area contributed by atoms with Gasteiger partial charge in [-0.15, -0.1) is 11.6 Å². The van der Waals surface area contributed by atoms with E-state index in [1.807, 2.05) is 12.1 Å². The van der Waals surface area contributed by atoms with Crippen LogP contribution >= 0.6 is 23.2 Å². The van der Waals surface area contributed by atoms with Crippen molar-refractivity contribution in [2.75, 3.05) is 0 Å². The van der Waals surface area contributed by atoms with Crippen LogP contribution in [0.4, 0.5) is 0 Å². The van der Waals surface area contributed by atoms with E-state index in [9.17, 15) is 0 Å². The summed E-state index contributed by atoms with van der Waals surface area (Å²) in [6.45, 7) is 1.01. The lowest BCUT2D eigenvalue weighted by molar-refractivity contribution is 0.614. The molecule has 0 aliphatic carbocycles. The average Bonchev–Trinajstić information content (AvgIpc) is 2.64. The van der Waals surface area contributed by atoms with Crippen molar-refractivity contribution in [3.05, 3.63) is 28.5 Å². The number of imidazole rings is 1. The fraction of sp³-hybridized carbons (Fsp3) is 0.364. The zero-order chi connectivity index (χ0) is 10.4. The SMILES string of the molecule is ClCc1nc2ccc(Cl)c3c2n1CCC3. The number of aryl methyl sites for hydroxylation is 2. The number of hydrogen-bond donors (Lipinski definition) is 0. The first kappa shape index (κ1) is 9.49. The highest BCUT2D eigenvalue weighted by Crippen LogP contribution is 2.31. The van der Waals surface area contributed by atoms with E-state index in [1.165, 1.54) is 11.1 Å². The molecule has 2 aromatic rings. The highest BCUT2D eigenvalue weighted by Gasteiger charge is 2.19. The Morgan fingerprint density at radius 3 is 3.07 bits per heavy atom. The third-order valence-corrected chi connectivity index (χ3v) is 3.56. The number of hydrogen-bond acceptors (Lipinski definition) is 1. The zero-order valence-corrected chi connectivity index (χ0v) is 9.65. The molecule has 0 N–H and O–H groups in total. The monoisotopic (exact) mass is 240 g/mol. The molecule has 0 fully saturated rings. The van der Waals surface area contributed by atoms with Gasteiger partial charge in [-0.1, -0.05) is 11.6 Å². The molecule has 78 valence electrons. The maximum atomic E-state index is 6.19. The molecule has 4 heteroatoms. The van der Waals surface area contributed by atoms with Gasteiger partial charge in [0.1, 0.15) is 5.82 Å². The van der Waals surface area contributed by atoms with Gasteiger partial charge in [-0.05, 0) is 30.5 Å². The van der Waals surface area contributed by atoms with E-state index in [1.54, 1.807) is 0 Å². The summed E-state index contributed by atoms with van der Waals surface area (Å²) in [5.74, 6) is 1.42. The molecule has 0 saturated heterocycles. The Morgan fingerprint density at radius 1 is 1.40 bits per heavy atom. The van der Waals surface area contributed by atoms with Gasteiger partial charge in [0, 0.05) is 11.6 Å². The second-order valence-corrected chi connectivity index (χ2v) is 4.48. The Kier molecular flexibility index (Phi) is 2.15. The van der Waals surface area contributed by atoms with Crippen LogP contribution in [0.15, 0.2) is 12.1 Å². The minimum Gasteiger partial charge on any atom is -0.327 e. The van der Waals surface area contributed by atoms with Gasteiger partial charge < -0.3 is 4.57 Å². The summed E-state index contributed by atoms with van der Waals surface area (Å²) in [4.78, 5) is 4.52. The maximum absolute atomic E-state index is 6.19. The predicted molar refractivity (Wildman–Crippen MR) is 62.6 cm³/mol.